The molecule has 0 unspecified atom stereocenters. The minimum absolute atomic E-state index is 0.0201. The molecular formula is C18H14F3NO2. The maximum Gasteiger partial charge on any atom is 0.416 e. The van der Waals surface area contributed by atoms with Gasteiger partial charge < -0.3 is 9.73 Å². The number of fused-ring (bicyclic) bond motifs is 1. The van der Waals surface area contributed by atoms with Crippen LogP contribution in [0.4, 0.5) is 18.9 Å². The van der Waals surface area contributed by atoms with E-state index in [0.29, 0.717) is 11.1 Å². The van der Waals surface area contributed by atoms with Gasteiger partial charge in [0.1, 0.15) is 5.58 Å². The zero-order valence-corrected chi connectivity index (χ0v) is 12.8. The van der Waals surface area contributed by atoms with Gasteiger partial charge >= 0.3 is 6.18 Å². The largest absolute Gasteiger partial charge is 0.464 e. The third-order valence-corrected chi connectivity index (χ3v) is 3.64. The molecule has 0 bridgehead atoms. The molecule has 0 saturated heterocycles. The maximum absolute atomic E-state index is 12.7. The van der Waals surface area contributed by atoms with E-state index in [1.807, 2.05) is 25.1 Å². The zero-order valence-electron chi connectivity index (χ0n) is 12.8. The Kier molecular flexibility index (Phi) is 4.05. The molecule has 0 aliphatic heterocycles. The minimum Gasteiger partial charge on any atom is -0.464 e. The Balaban J connectivity index is 1.76. The topological polar surface area (TPSA) is 42.2 Å². The molecule has 0 saturated carbocycles. The van der Waals surface area contributed by atoms with Gasteiger partial charge in [-0.15, -0.1) is 0 Å². The summed E-state index contributed by atoms with van der Waals surface area (Å²) < 4.78 is 43.5. The van der Waals surface area contributed by atoms with E-state index < -0.39 is 17.6 Å². The SMILES string of the molecule is Cc1ccc2c(CC(=O)Nc3cccc(C(F)(F)F)c3)coc2c1. The summed E-state index contributed by atoms with van der Waals surface area (Å²) in [5.41, 5.74) is 1.71. The van der Waals surface area contributed by atoms with Crippen molar-refractivity contribution in [3.63, 3.8) is 0 Å². The van der Waals surface area contributed by atoms with Gasteiger partial charge in [-0.25, -0.2) is 0 Å². The highest BCUT2D eigenvalue weighted by Crippen LogP contribution is 2.30. The van der Waals surface area contributed by atoms with Crippen LogP contribution in [0.3, 0.4) is 0 Å². The standard InChI is InChI=1S/C18H14F3NO2/c1-11-5-6-15-12(10-24-16(15)7-11)8-17(23)22-14-4-2-3-13(9-14)18(19,20)21/h2-7,9-10H,8H2,1H3,(H,22,23). The second-order valence-electron chi connectivity index (χ2n) is 5.56. The van der Waals surface area contributed by atoms with Crippen molar-refractivity contribution in [2.75, 3.05) is 5.32 Å². The van der Waals surface area contributed by atoms with Crippen LogP contribution in [0.1, 0.15) is 16.7 Å². The predicted molar refractivity (Wildman–Crippen MR) is 84.7 cm³/mol. The first-order chi connectivity index (χ1) is 11.3. The molecule has 2 aromatic carbocycles. The van der Waals surface area contributed by atoms with Gasteiger partial charge in [0, 0.05) is 16.6 Å². The molecular weight excluding hydrogens is 319 g/mol. The molecule has 0 atom stereocenters. The third kappa shape index (κ3) is 3.42. The van der Waals surface area contributed by atoms with Crippen molar-refractivity contribution >= 4 is 22.6 Å². The van der Waals surface area contributed by atoms with Gasteiger partial charge in [-0.2, -0.15) is 13.2 Å². The van der Waals surface area contributed by atoms with Gasteiger partial charge in [0.05, 0.1) is 18.2 Å². The number of carbonyl (C=O) groups is 1. The molecule has 1 aromatic heterocycles. The van der Waals surface area contributed by atoms with Crippen molar-refractivity contribution in [1.29, 1.82) is 0 Å². The van der Waals surface area contributed by atoms with Crippen molar-refractivity contribution in [2.45, 2.75) is 19.5 Å². The number of benzene rings is 2. The van der Waals surface area contributed by atoms with Crippen LogP contribution in [0, 0.1) is 6.92 Å². The van der Waals surface area contributed by atoms with Gasteiger partial charge in [0.2, 0.25) is 5.91 Å². The Hall–Kier alpha value is -2.76. The fraction of sp³-hybridized carbons (Fsp3) is 0.167. The number of carbonyl (C=O) groups excluding carboxylic acids is 1. The van der Waals surface area contributed by atoms with Crippen LogP contribution in [-0.4, -0.2) is 5.91 Å². The van der Waals surface area contributed by atoms with E-state index in [9.17, 15) is 18.0 Å². The van der Waals surface area contributed by atoms with Crippen molar-refractivity contribution in [3.8, 4) is 0 Å². The van der Waals surface area contributed by atoms with E-state index in [1.165, 1.54) is 18.4 Å². The van der Waals surface area contributed by atoms with Crippen molar-refractivity contribution in [3.05, 3.63) is 65.4 Å². The number of anilines is 1. The lowest BCUT2D eigenvalue weighted by molar-refractivity contribution is -0.137. The molecule has 124 valence electrons. The zero-order chi connectivity index (χ0) is 17.3. The first kappa shape index (κ1) is 16.1. The molecule has 0 spiro atoms. The van der Waals surface area contributed by atoms with Crippen molar-refractivity contribution in [1.82, 2.24) is 0 Å². The Morgan fingerprint density at radius 1 is 1.17 bits per heavy atom. The summed E-state index contributed by atoms with van der Waals surface area (Å²) in [5, 5.41) is 3.31. The average Bonchev–Trinajstić information content (AvgIpc) is 2.88. The fourth-order valence-electron chi connectivity index (χ4n) is 2.48. The van der Waals surface area contributed by atoms with Crippen LogP contribution in [-0.2, 0) is 17.4 Å². The molecule has 3 nitrogen and oxygen atoms in total. The van der Waals surface area contributed by atoms with Gasteiger partial charge in [0.15, 0.2) is 0 Å². The monoisotopic (exact) mass is 333 g/mol. The number of hydrogen-bond acceptors (Lipinski definition) is 2. The second-order valence-corrected chi connectivity index (χ2v) is 5.56. The number of halogens is 3. The first-order valence-corrected chi connectivity index (χ1v) is 7.27. The van der Waals surface area contributed by atoms with Crippen LogP contribution >= 0.6 is 0 Å². The van der Waals surface area contributed by atoms with Crippen LogP contribution in [0.15, 0.2) is 53.1 Å². The highest BCUT2D eigenvalue weighted by atomic mass is 19.4. The molecule has 1 heterocycles. The first-order valence-electron chi connectivity index (χ1n) is 7.27. The smallest absolute Gasteiger partial charge is 0.416 e. The Morgan fingerprint density at radius 3 is 2.71 bits per heavy atom. The summed E-state index contributed by atoms with van der Waals surface area (Å²) in [6.07, 6.45) is -2.93. The quantitative estimate of drug-likeness (QED) is 0.737. The maximum atomic E-state index is 12.7. The van der Waals surface area contributed by atoms with Crippen LogP contribution in [0.2, 0.25) is 0 Å². The highest BCUT2D eigenvalue weighted by molar-refractivity contribution is 5.95. The summed E-state index contributed by atoms with van der Waals surface area (Å²) in [5.74, 6) is -0.405. The molecule has 1 amide bonds. The third-order valence-electron chi connectivity index (χ3n) is 3.64. The van der Waals surface area contributed by atoms with E-state index in [1.54, 1.807) is 0 Å². The number of alkyl halides is 3. The summed E-state index contributed by atoms with van der Waals surface area (Å²) in [4.78, 5) is 12.1. The van der Waals surface area contributed by atoms with Crippen molar-refractivity contribution < 1.29 is 22.4 Å². The number of furan rings is 1. The lowest BCUT2D eigenvalue weighted by Crippen LogP contribution is -2.15. The Morgan fingerprint density at radius 2 is 1.96 bits per heavy atom. The van der Waals surface area contributed by atoms with Crippen LogP contribution in [0.5, 0.6) is 0 Å². The molecule has 1 N–H and O–H groups in total. The number of aryl methyl sites for hydroxylation is 1. The second kappa shape index (κ2) is 6.03. The Bertz CT molecular complexity index is 897. The lowest BCUT2D eigenvalue weighted by Gasteiger charge is -2.09. The van der Waals surface area contributed by atoms with E-state index in [2.05, 4.69) is 5.32 Å². The van der Waals surface area contributed by atoms with E-state index in [4.69, 9.17) is 4.42 Å². The Labute approximate surface area is 136 Å². The van der Waals surface area contributed by atoms with E-state index in [0.717, 1.165) is 23.1 Å². The van der Waals surface area contributed by atoms with Gasteiger partial charge in [-0.05, 0) is 36.8 Å². The normalized spacial score (nSPS) is 11.7. The summed E-state index contributed by atoms with van der Waals surface area (Å²) in [7, 11) is 0. The summed E-state index contributed by atoms with van der Waals surface area (Å²) >= 11 is 0. The average molecular weight is 333 g/mol. The molecule has 0 aliphatic carbocycles. The molecule has 6 heteroatoms. The molecule has 3 rings (SSSR count). The fourth-order valence-corrected chi connectivity index (χ4v) is 2.48. The number of nitrogens with one attached hydrogen (secondary N) is 1. The highest BCUT2D eigenvalue weighted by Gasteiger charge is 2.30. The van der Waals surface area contributed by atoms with Gasteiger partial charge in [-0.3, -0.25) is 4.79 Å². The molecule has 24 heavy (non-hydrogen) atoms. The lowest BCUT2D eigenvalue weighted by atomic mass is 10.1. The number of hydrogen-bond donors (Lipinski definition) is 1. The van der Waals surface area contributed by atoms with Gasteiger partial charge in [-0.1, -0.05) is 18.2 Å². The molecule has 3 aromatic rings. The number of rotatable bonds is 3. The van der Waals surface area contributed by atoms with Gasteiger partial charge in [0.25, 0.3) is 0 Å². The van der Waals surface area contributed by atoms with E-state index in [-0.39, 0.29) is 12.1 Å². The molecule has 0 aliphatic rings. The minimum atomic E-state index is -4.45. The van der Waals surface area contributed by atoms with Crippen LogP contribution < -0.4 is 5.32 Å². The summed E-state index contributed by atoms with van der Waals surface area (Å²) in [6, 6.07) is 10.2. The number of amides is 1. The predicted octanol–water partition coefficient (Wildman–Crippen LogP) is 4.94. The van der Waals surface area contributed by atoms with Crippen LogP contribution in [0.25, 0.3) is 11.0 Å². The summed E-state index contributed by atoms with van der Waals surface area (Å²) in [6.45, 7) is 1.93. The molecule has 0 radical (unpaired) electrons. The molecule has 0 fully saturated rings. The van der Waals surface area contributed by atoms with Crippen molar-refractivity contribution in [2.24, 2.45) is 0 Å². The van der Waals surface area contributed by atoms with E-state index >= 15 is 0 Å².